The monoisotopic (exact) mass is 401 g/mol. The van der Waals surface area contributed by atoms with Crippen LogP contribution in [0.15, 0.2) is 72.6 Å². The van der Waals surface area contributed by atoms with E-state index in [4.69, 9.17) is 4.74 Å². The van der Waals surface area contributed by atoms with E-state index in [-0.39, 0.29) is 5.91 Å². The third-order valence-electron chi connectivity index (χ3n) is 5.40. The standard InChI is InChI=1S/C25H27N3O2/c1-19-7-9-20(10-8-19)23-5-2-3-6-24(23)25(29)27-21-11-13-22(14-12-21)30-18-17-28-16-4-15-26-28/h4,7-16H,2-3,5-6,17-18H2,1H3,(H,27,29). The third-order valence-corrected chi connectivity index (χ3v) is 5.40. The van der Waals surface area contributed by atoms with Crippen molar-refractivity contribution in [3.05, 3.63) is 83.7 Å². The van der Waals surface area contributed by atoms with Crippen molar-refractivity contribution in [1.29, 1.82) is 0 Å². The Morgan fingerprint density at radius 3 is 2.57 bits per heavy atom. The Kier molecular flexibility index (Phi) is 6.28. The van der Waals surface area contributed by atoms with Gasteiger partial charge in [0.2, 0.25) is 0 Å². The maximum Gasteiger partial charge on any atom is 0.251 e. The zero-order valence-electron chi connectivity index (χ0n) is 17.3. The van der Waals surface area contributed by atoms with Crippen LogP contribution in [0, 0.1) is 6.92 Å². The average Bonchev–Trinajstić information content (AvgIpc) is 3.29. The number of ether oxygens (including phenoxy) is 1. The molecule has 1 N–H and O–H groups in total. The molecule has 4 rings (SSSR count). The summed E-state index contributed by atoms with van der Waals surface area (Å²) in [4.78, 5) is 13.0. The molecule has 0 unspecified atom stereocenters. The second-order valence-corrected chi connectivity index (χ2v) is 7.63. The molecule has 30 heavy (non-hydrogen) atoms. The second-order valence-electron chi connectivity index (χ2n) is 7.63. The summed E-state index contributed by atoms with van der Waals surface area (Å²) in [6.07, 6.45) is 7.63. The number of rotatable bonds is 7. The zero-order valence-corrected chi connectivity index (χ0v) is 17.3. The van der Waals surface area contributed by atoms with Gasteiger partial charge in [0, 0.05) is 23.7 Å². The summed E-state index contributed by atoms with van der Waals surface area (Å²) >= 11 is 0. The molecule has 154 valence electrons. The third kappa shape index (κ3) is 4.98. The minimum Gasteiger partial charge on any atom is -0.492 e. The van der Waals surface area contributed by atoms with Gasteiger partial charge in [0.15, 0.2) is 0 Å². The number of carbonyl (C=O) groups is 1. The maximum atomic E-state index is 13.0. The molecule has 0 aliphatic heterocycles. The van der Waals surface area contributed by atoms with Crippen LogP contribution in [-0.4, -0.2) is 22.3 Å². The van der Waals surface area contributed by atoms with Crippen LogP contribution in [-0.2, 0) is 11.3 Å². The normalized spacial score (nSPS) is 13.9. The molecule has 0 atom stereocenters. The summed E-state index contributed by atoms with van der Waals surface area (Å²) in [6.45, 7) is 3.32. The predicted octanol–water partition coefficient (Wildman–Crippen LogP) is 5.24. The van der Waals surface area contributed by atoms with E-state index < -0.39 is 0 Å². The first-order chi connectivity index (χ1) is 14.7. The average molecular weight is 402 g/mol. The van der Waals surface area contributed by atoms with Gasteiger partial charge < -0.3 is 10.1 Å². The van der Waals surface area contributed by atoms with Crippen LogP contribution in [0.25, 0.3) is 5.57 Å². The van der Waals surface area contributed by atoms with Crippen molar-refractivity contribution in [2.45, 2.75) is 39.2 Å². The molecule has 0 fully saturated rings. The van der Waals surface area contributed by atoms with Gasteiger partial charge in [-0.1, -0.05) is 29.8 Å². The molecule has 0 radical (unpaired) electrons. The summed E-state index contributed by atoms with van der Waals surface area (Å²) in [5.74, 6) is 0.773. The lowest BCUT2D eigenvalue weighted by molar-refractivity contribution is -0.113. The number of nitrogens with one attached hydrogen (secondary N) is 1. The lowest BCUT2D eigenvalue weighted by atomic mass is 9.86. The van der Waals surface area contributed by atoms with E-state index in [2.05, 4.69) is 41.6 Å². The van der Waals surface area contributed by atoms with E-state index in [1.807, 2.05) is 41.2 Å². The van der Waals surface area contributed by atoms with E-state index >= 15 is 0 Å². The molecular formula is C25H27N3O2. The number of anilines is 1. The summed E-state index contributed by atoms with van der Waals surface area (Å²) in [6, 6.07) is 17.9. The number of aromatic nitrogens is 2. The van der Waals surface area contributed by atoms with Crippen molar-refractivity contribution in [3.63, 3.8) is 0 Å². The van der Waals surface area contributed by atoms with Gasteiger partial charge in [-0.3, -0.25) is 9.48 Å². The van der Waals surface area contributed by atoms with E-state index in [0.29, 0.717) is 13.2 Å². The van der Waals surface area contributed by atoms with E-state index in [1.165, 1.54) is 11.1 Å². The lowest BCUT2D eigenvalue weighted by Gasteiger charge is -2.20. The highest BCUT2D eigenvalue weighted by atomic mass is 16.5. The number of hydrogen-bond acceptors (Lipinski definition) is 3. The highest BCUT2D eigenvalue weighted by molar-refractivity contribution is 6.09. The summed E-state index contributed by atoms with van der Waals surface area (Å²) in [7, 11) is 0. The Bertz CT molecular complexity index is 1000. The molecule has 2 aromatic carbocycles. The molecule has 1 aliphatic carbocycles. The predicted molar refractivity (Wildman–Crippen MR) is 119 cm³/mol. The number of allylic oxidation sites excluding steroid dienone is 1. The Labute approximate surface area is 177 Å². The summed E-state index contributed by atoms with van der Waals surface area (Å²) in [5, 5.41) is 7.22. The molecule has 5 nitrogen and oxygen atoms in total. The van der Waals surface area contributed by atoms with Crippen LogP contribution in [0.5, 0.6) is 5.75 Å². The van der Waals surface area contributed by atoms with Gasteiger partial charge in [-0.05, 0) is 74.1 Å². The molecule has 0 saturated carbocycles. The van der Waals surface area contributed by atoms with Crippen LogP contribution in [0.1, 0.15) is 36.8 Å². The van der Waals surface area contributed by atoms with Crippen molar-refractivity contribution in [3.8, 4) is 5.75 Å². The topological polar surface area (TPSA) is 56.1 Å². The van der Waals surface area contributed by atoms with E-state index in [0.717, 1.165) is 48.3 Å². The highest BCUT2D eigenvalue weighted by Crippen LogP contribution is 2.33. The van der Waals surface area contributed by atoms with Gasteiger partial charge >= 0.3 is 0 Å². The van der Waals surface area contributed by atoms with Gasteiger partial charge in [0.05, 0.1) is 6.54 Å². The minimum absolute atomic E-state index is 0.00220. The Balaban J connectivity index is 1.40. The molecule has 5 heteroatoms. The molecule has 0 spiro atoms. The van der Waals surface area contributed by atoms with Crippen LogP contribution in [0.2, 0.25) is 0 Å². The van der Waals surface area contributed by atoms with Crippen molar-refractivity contribution in [2.75, 3.05) is 11.9 Å². The SMILES string of the molecule is Cc1ccc(C2=C(C(=O)Nc3ccc(OCCn4cccn4)cc3)CCCC2)cc1. The zero-order chi connectivity index (χ0) is 20.8. The largest absolute Gasteiger partial charge is 0.492 e. The number of carbonyl (C=O) groups excluding carboxylic acids is 1. The fourth-order valence-corrected chi connectivity index (χ4v) is 3.76. The van der Waals surface area contributed by atoms with E-state index in [9.17, 15) is 4.79 Å². The first kappa shape index (κ1) is 20.0. The van der Waals surface area contributed by atoms with Crippen molar-refractivity contribution in [1.82, 2.24) is 9.78 Å². The van der Waals surface area contributed by atoms with Gasteiger partial charge in [0.25, 0.3) is 5.91 Å². The van der Waals surface area contributed by atoms with Crippen LogP contribution in [0.4, 0.5) is 5.69 Å². The summed E-state index contributed by atoms with van der Waals surface area (Å²) in [5.41, 5.74) is 5.25. The first-order valence-electron chi connectivity index (χ1n) is 10.5. The lowest BCUT2D eigenvalue weighted by Crippen LogP contribution is -2.18. The Hall–Kier alpha value is -3.34. The molecular weight excluding hydrogens is 374 g/mol. The first-order valence-corrected chi connectivity index (χ1v) is 10.5. The van der Waals surface area contributed by atoms with Crippen molar-refractivity contribution >= 4 is 17.2 Å². The fourth-order valence-electron chi connectivity index (χ4n) is 3.76. The fraction of sp³-hybridized carbons (Fsp3) is 0.280. The molecule has 1 aromatic heterocycles. The Morgan fingerprint density at radius 2 is 1.83 bits per heavy atom. The van der Waals surface area contributed by atoms with Gasteiger partial charge in [-0.25, -0.2) is 0 Å². The van der Waals surface area contributed by atoms with Crippen LogP contribution < -0.4 is 10.1 Å². The highest BCUT2D eigenvalue weighted by Gasteiger charge is 2.20. The molecule has 0 bridgehead atoms. The number of nitrogens with zero attached hydrogens (tertiary/aromatic N) is 2. The minimum atomic E-state index is -0.00220. The molecule has 1 heterocycles. The van der Waals surface area contributed by atoms with Crippen molar-refractivity contribution in [2.24, 2.45) is 0 Å². The number of aryl methyl sites for hydroxylation is 1. The number of hydrogen-bond donors (Lipinski definition) is 1. The quantitative estimate of drug-likeness (QED) is 0.589. The molecule has 3 aromatic rings. The smallest absolute Gasteiger partial charge is 0.251 e. The molecule has 1 aliphatic rings. The second kappa shape index (κ2) is 9.44. The van der Waals surface area contributed by atoms with Gasteiger partial charge in [-0.2, -0.15) is 5.10 Å². The van der Waals surface area contributed by atoms with Gasteiger partial charge in [0.1, 0.15) is 12.4 Å². The van der Waals surface area contributed by atoms with Gasteiger partial charge in [-0.15, -0.1) is 0 Å². The van der Waals surface area contributed by atoms with E-state index in [1.54, 1.807) is 6.20 Å². The van der Waals surface area contributed by atoms with Crippen LogP contribution >= 0.6 is 0 Å². The number of amides is 1. The van der Waals surface area contributed by atoms with Crippen LogP contribution in [0.3, 0.4) is 0 Å². The molecule has 0 saturated heterocycles. The Morgan fingerprint density at radius 1 is 1.07 bits per heavy atom. The van der Waals surface area contributed by atoms with Crippen molar-refractivity contribution < 1.29 is 9.53 Å². The number of benzene rings is 2. The molecule has 1 amide bonds. The summed E-state index contributed by atoms with van der Waals surface area (Å²) < 4.78 is 7.59. The maximum absolute atomic E-state index is 13.0.